The minimum atomic E-state index is -1.05. The van der Waals surface area contributed by atoms with Gasteiger partial charge in [-0.15, -0.1) is 0 Å². The summed E-state index contributed by atoms with van der Waals surface area (Å²) in [6.07, 6.45) is 2.76. The quantitative estimate of drug-likeness (QED) is 0.254. The number of pyridine rings is 1. The maximum Gasteiger partial charge on any atom is 0.372 e. The van der Waals surface area contributed by atoms with E-state index in [4.69, 9.17) is 4.42 Å². The summed E-state index contributed by atoms with van der Waals surface area (Å²) in [6.45, 7) is 3.37. The van der Waals surface area contributed by atoms with E-state index < -0.39 is 5.97 Å². The lowest BCUT2D eigenvalue weighted by molar-refractivity contribution is 0.0664. The lowest BCUT2D eigenvalue weighted by Crippen LogP contribution is -2.19. The van der Waals surface area contributed by atoms with E-state index in [0.717, 1.165) is 40.7 Å². The third-order valence-electron chi connectivity index (χ3n) is 5.89. The van der Waals surface area contributed by atoms with Gasteiger partial charge in [0.1, 0.15) is 5.58 Å². The second kappa shape index (κ2) is 9.71. The van der Waals surface area contributed by atoms with Gasteiger partial charge >= 0.3 is 5.97 Å². The molecule has 0 aliphatic rings. The molecule has 2 heterocycles. The van der Waals surface area contributed by atoms with Gasteiger partial charge in [-0.3, -0.25) is 4.98 Å². The van der Waals surface area contributed by atoms with Crippen molar-refractivity contribution in [2.75, 3.05) is 6.54 Å². The van der Waals surface area contributed by atoms with Gasteiger partial charge in [-0.05, 0) is 60.7 Å². The molecule has 0 fully saturated rings. The highest BCUT2D eigenvalue weighted by Gasteiger charge is 2.18. The van der Waals surface area contributed by atoms with Crippen LogP contribution < -0.4 is 0 Å². The summed E-state index contributed by atoms with van der Waals surface area (Å²) < 4.78 is 7.88. The Balaban J connectivity index is 1.45. The molecule has 2 aromatic heterocycles. The van der Waals surface area contributed by atoms with Gasteiger partial charge in [-0.2, -0.15) is 0 Å². The molecule has 1 N–H and O–H groups in total. The van der Waals surface area contributed by atoms with Crippen molar-refractivity contribution in [2.24, 2.45) is 0 Å². The Morgan fingerprint density at radius 1 is 1.03 bits per heavy atom. The first-order valence-corrected chi connectivity index (χ1v) is 11.9. The van der Waals surface area contributed by atoms with E-state index in [-0.39, 0.29) is 5.76 Å². The van der Waals surface area contributed by atoms with Crippen molar-refractivity contribution in [1.82, 2.24) is 9.29 Å². The van der Waals surface area contributed by atoms with E-state index in [2.05, 4.69) is 57.8 Å². The molecule has 0 atom stereocenters. The fourth-order valence-corrected chi connectivity index (χ4v) is 5.13. The first-order chi connectivity index (χ1) is 16.6. The van der Waals surface area contributed by atoms with Gasteiger partial charge in [0.05, 0.1) is 5.52 Å². The van der Waals surface area contributed by atoms with Crippen LogP contribution in [0.3, 0.4) is 0 Å². The van der Waals surface area contributed by atoms with E-state index in [1.165, 1.54) is 11.1 Å². The molecule has 5 aromatic rings. The van der Waals surface area contributed by atoms with E-state index in [1.54, 1.807) is 18.9 Å². The molecule has 0 spiro atoms. The zero-order chi connectivity index (χ0) is 23.5. The Bertz CT molecular complexity index is 1460. The van der Waals surface area contributed by atoms with E-state index in [1.807, 2.05) is 36.5 Å². The number of aromatic carboxylic acids is 1. The zero-order valence-corrected chi connectivity index (χ0v) is 19.6. The van der Waals surface area contributed by atoms with Gasteiger partial charge in [0.2, 0.25) is 5.76 Å². The normalized spacial score (nSPS) is 11.5. The predicted molar refractivity (Wildman–Crippen MR) is 136 cm³/mol. The van der Waals surface area contributed by atoms with Crippen molar-refractivity contribution in [1.29, 1.82) is 0 Å². The molecule has 34 heavy (non-hydrogen) atoms. The summed E-state index contributed by atoms with van der Waals surface area (Å²) in [5.74, 6) is -1.05. The van der Waals surface area contributed by atoms with Crippen molar-refractivity contribution in [3.8, 4) is 0 Å². The molecule has 3 aromatic carbocycles. The number of carboxylic acids is 1. The maximum absolute atomic E-state index is 11.5. The van der Waals surface area contributed by atoms with Crippen LogP contribution in [0.5, 0.6) is 0 Å². The highest BCUT2D eigenvalue weighted by molar-refractivity contribution is 7.97. The number of fused-ring (bicyclic) bond motifs is 2. The van der Waals surface area contributed by atoms with Crippen LogP contribution in [0.1, 0.15) is 27.2 Å². The van der Waals surface area contributed by atoms with Crippen LogP contribution in [0.2, 0.25) is 0 Å². The van der Waals surface area contributed by atoms with Gasteiger partial charge in [0.25, 0.3) is 0 Å². The molecule has 6 heteroatoms. The number of carboxylic acid groups (broad SMARTS) is 1. The second-order valence-electron chi connectivity index (χ2n) is 8.20. The molecule has 0 amide bonds. The number of carbonyl (C=O) groups is 1. The average molecular weight is 469 g/mol. The van der Waals surface area contributed by atoms with Crippen LogP contribution in [0.25, 0.3) is 21.9 Å². The van der Waals surface area contributed by atoms with Crippen molar-refractivity contribution in [3.05, 3.63) is 108 Å². The SMILES string of the molecule is Cc1c(C(=O)O)oc2ccc(SN(CCc3ccccc3)Cc3cccc4cccnc34)cc12. The van der Waals surface area contributed by atoms with Gasteiger partial charge < -0.3 is 9.52 Å². The van der Waals surface area contributed by atoms with E-state index >= 15 is 0 Å². The molecule has 0 aliphatic heterocycles. The fraction of sp³-hybridized carbons (Fsp3) is 0.143. The predicted octanol–water partition coefficient (Wildman–Crippen LogP) is 6.74. The number of hydrogen-bond donors (Lipinski definition) is 1. The zero-order valence-electron chi connectivity index (χ0n) is 18.8. The Labute approximate surface area is 202 Å². The lowest BCUT2D eigenvalue weighted by Gasteiger charge is -2.22. The van der Waals surface area contributed by atoms with Crippen LogP contribution in [0, 0.1) is 6.92 Å². The first kappa shape index (κ1) is 22.2. The molecule has 0 bridgehead atoms. The summed E-state index contributed by atoms with van der Waals surface area (Å²) in [5.41, 5.74) is 4.72. The van der Waals surface area contributed by atoms with Crippen molar-refractivity contribution in [3.63, 3.8) is 0 Å². The number of aryl methyl sites for hydroxylation is 1. The van der Waals surface area contributed by atoms with Crippen LogP contribution in [-0.4, -0.2) is 26.9 Å². The minimum absolute atomic E-state index is 0.0000801. The molecule has 0 radical (unpaired) electrons. The average Bonchev–Trinajstić information content (AvgIpc) is 3.19. The van der Waals surface area contributed by atoms with Gasteiger partial charge in [-0.1, -0.05) is 54.6 Å². The summed E-state index contributed by atoms with van der Waals surface area (Å²) in [5, 5.41) is 11.4. The Hall–Kier alpha value is -3.61. The molecular formula is C28H24N2O3S. The van der Waals surface area contributed by atoms with E-state index in [9.17, 15) is 9.90 Å². The number of furan rings is 1. The molecular weight excluding hydrogens is 444 g/mol. The third-order valence-corrected chi connectivity index (χ3v) is 6.93. The fourth-order valence-electron chi connectivity index (χ4n) is 4.15. The van der Waals surface area contributed by atoms with Crippen LogP contribution in [0.4, 0.5) is 0 Å². The van der Waals surface area contributed by atoms with Gasteiger partial charge in [0, 0.05) is 40.5 Å². The Morgan fingerprint density at radius 3 is 2.68 bits per heavy atom. The number of aromatic nitrogens is 1. The van der Waals surface area contributed by atoms with Gasteiger partial charge in [0.15, 0.2) is 0 Å². The Kier molecular flexibility index (Phi) is 6.34. The molecule has 0 aliphatic carbocycles. The molecule has 5 rings (SSSR count). The number of benzene rings is 3. The van der Waals surface area contributed by atoms with E-state index in [0.29, 0.717) is 11.1 Å². The smallest absolute Gasteiger partial charge is 0.372 e. The number of nitrogens with zero attached hydrogens (tertiary/aromatic N) is 2. The molecule has 0 saturated heterocycles. The summed E-state index contributed by atoms with van der Waals surface area (Å²) >= 11 is 1.67. The molecule has 0 unspecified atom stereocenters. The Morgan fingerprint density at radius 2 is 1.85 bits per heavy atom. The van der Waals surface area contributed by atoms with Crippen LogP contribution in [-0.2, 0) is 13.0 Å². The third kappa shape index (κ3) is 4.69. The summed E-state index contributed by atoms with van der Waals surface area (Å²) in [4.78, 5) is 17.1. The van der Waals surface area contributed by atoms with Crippen molar-refractivity contribution >= 4 is 39.8 Å². The highest BCUT2D eigenvalue weighted by atomic mass is 32.2. The van der Waals surface area contributed by atoms with Crippen LogP contribution >= 0.6 is 11.9 Å². The first-order valence-electron chi connectivity index (χ1n) is 11.1. The van der Waals surface area contributed by atoms with Crippen molar-refractivity contribution in [2.45, 2.75) is 24.8 Å². The van der Waals surface area contributed by atoms with Crippen LogP contribution in [0.15, 0.2) is 94.4 Å². The maximum atomic E-state index is 11.5. The minimum Gasteiger partial charge on any atom is -0.475 e. The van der Waals surface area contributed by atoms with Gasteiger partial charge in [-0.25, -0.2) is 9.10 Å². The summed E-state index contributed by atoms with van der Waals surface area (Å²) in [7, 11) is 0. The van der Waals surface area contributed by atoms with Crippen molar-refractivity contribution < 1.29 is 14.3 Å². The molecule has 170 valence electrons. The largest absolute Gasteiger partial charge is 0.475 e. The number of rotatable bonds is 8. The molecule has 5 nitrogen and oxygen atoms in total. The molecule has 0 saturated carbocycles. The monoisotopic (exact) mass is 468 g/mol. The lowest BCUT2D eigenvalue weighted by atomic mass is 10.1. The summed E-state index contributed by atoms with van der Waals surface area (Å²) in [6, 6.07) is 26.7. The second-order valence-corrected chi connectivity index (χ2v) is 9.37. The standard InChI is InChI=1S/C28H24N2O3S/c1-19-24-17-23(12-13-25(24)33-27(19)28(31)32)34-30(16-14-20-7-3-2-4-8-20)18-22-10-5-9-21-11-6-15-29-26(21)22/h2-13,15,17H,14,16,18H2,1H3,(H,31,32). The number of hydrogen-bond acceptors (Lipinski definition) is 5. The topological polar surface area (TPSA) is 66.6 Å². The number of para-hydroxylation sites is 1. The highest BCUT2D eigenvalue weighted by Crippen LogP contribution is 2.32.